The smallest absolute Gasteiger partial charge is 0.234 e. The minimum atomic E-state index is -0.0737. The van der Waals surface area contributed by atoms with E-state index in [9.17, 15) is 4.79 Å². The summed E-state index contributed by atoms with van der Waals surface area (Å²) in [5, 5.41) is 3.52. The van der Waals surface area contributed by atoms with Crippen LogP contribution in [0.2, 0.25) is 5.02 Å². The molecule has 1 amide bonds. The third kappa shape index (κ3) is 4.44. The van der Waals surface area contributed by atoms with Gasteiger partial charge in [-0.15, -0.1) is 11.8 Å². The minimum Gasteiger partial charge on any atom is -0.399 e. The third-order valence-electron chi connectivity index (χ3n) is 2.45. The van der Waals surface area contributed by atoms with Gasteiger partial charge in [-0.05, 0) is 58.4 Å². The van der Waals surface area contributed by atoms with Gasteiger partial charge in [0.2, 0.25) is 5.91 Å². The minimum absolute atomic E-state index is 0.0737. The van der Waals surface area contributed by atoms with Crippen LogP contribution in [0.3, 0.4) is 0 Å². The van der Waals surface area contributed by atoms with E-state index < -0.39 is 0 Å². The molecule has 0 heterocycles. The fourth-order valence-corrected chi connectivity index (χ4v) is 2.82. The monoisotopic (exact) mass is 370 g/mol. The molecule has 0 radical (unpaired) electrons. The zero-order valence-electron chi connectivity index (χ0n) is 10.4. The maximum Gasteiger partial charge on any atom is 0.234 e. The number of nitrogens with one attached hydrogen (secondary N) is 1. The van der Waals surface area contributed by atoms with E-state index in [1.165, 1.54) is 11.8 Å². The summed E-state index contributed by atoms with van der Waals surface area (Å²) in [6.45, 7) is 0. The first-order chi connectivity index (χ1) is 9.54. The molecule has 0 unspecified atom stereocenters. The van der Waals surface area contributed by atoms with Crippen LogP contribution in [0, 0.1) is 0 Å². The lowest BCUT2D eigenvalue weighted by Crippen LogP contribution is -2.14. The van der Waals surface area contributed by atoms with Crippen LogP contribution in [0.25, 0.3) is 0 Å². The van der Waals surface area contributed by atoms with Gasteiger partial charge in [-0.25, -0.2) is 0 Å². The molecule has 0 atom stereocenters. The Hall–Kier alpha value is -1.17. The quantitative estimate of drug-likeness (QED) is 0.618. The SMILES string of the molecule is Nc1ccc(NC(=O)CSc2ccc(Cl)cc2)c(Br)c1. The van der Waals surface area contributed by atoms with Gasteiger partial charge >= 0.3 is 0 Å². The van der Waals surface area contributed by atoms with Crippen molar-refractivity contribution in [3.63, 3.8) is 0 Å². The third-order valence-corrected chi connectivity index (χ3v) is 4.37. The van der Waals surface area contributed by atoms with E-state index in [2.05, 4.69) is 21.2 Å². The van der Waals surface area contributed by atoms with Crippen molar-refractivity contribution in [3.05, 3.63) is 52.0 Å². The van der Waals surface area contributed by atoms with Gasteiger partial charge in [-0.3, -0.25) is 4.79 Å². The molecule has 104 valence electrons. The first kappa shape index (κ1) is 15.2. The van der Waals surface area contributed by atoms with E-state index in [1.807, 2.05) is 12.1 Å². The van der Waals surface area contributed by atoms with Crippen molar-refractivity contribution in [2.45, 2.75) is 4.90 Å². The van der Waals surface area contributed by atoms with Gasteiger partial charge < -0.3 is 11.1 Å². The Morgan fingerprint density at radius 2 is 1.95 bits per heavy atom. The number of hydrogen-bond acceptors (Lipinski definition) is 3. The summed E-state index contributed by atoms with van der Waals surface area (Å²) in [6.07, 6.45) is 0. The lowest BCUT2D eigenvalue weighted by Gasteiger charge is -2.08. The van der Waals surface area contributed by atoms with Crippen LogP contribution in [0.1, 0.15) is 0 Å². The molecule has 0 fully saturated rings. The number of hydrogen-bond donors (Lipinski definition) is 2. The molecule has 6 heteroatoms. The van der Waals surface area contributed by atoms with Crippen LogP contribution in [0.15, 0.2) is 51.8 Å². The Labute approximate surface area is 135 Å². The molecule has 0 saturated heterocycles. The van der Waals surface area contributed by atoms with E-state index in [-0.39, 0.29) is 5.91 Å². The van der Waals surface area contributed by atoms with E-state index in [0.717, 1.165) is 9.37 Å². The zero-order valence-corrected chi connectivity index (χ0v) is 13.6. The number of benzene rings is 2. The maximum absolute atomic E-state index is 11.9. The topological polar surface area (TPSA) is 55.1 Å². The van der Waals surface area contributed by atoms with Crippen molar-refractivity contribution in [3.8, 4) is 0 Å². The standard InChI is InChI=1S/C14H12BrClN2OS/c15-12-7-10(17)3-6-13(12)18-14(19)8-20-11-4-1-9(16)2-5-11/h1-7H,8,17H2,(H,18,19). The summed E-state index contributed by atoms with van der Waals surface area (Å²) in [4.78, 5) is 12.9. The van der Waals surface area contributed by atoms with Crippen LogP contribution in [-0.4, -0.2) is 11.7 Å². The molecule has 0 spiro atoms. The van der Waals surface area contributed by atoms with Crippen molar-refractivity contribution < 1.29 is 4.79 Å². The van der Waals surface area contributed by atoms with Crippen LogP contribution >= 0.6 is 39.3 Å². The summed E-state index contributed by atoms with van der Waals surface area (Å²) < 4.78 is 0.766. The van der Waals surface area contributed by atoms with Crippen molar-refractivity contribution in [2.75, 3.05) is 16.8 Å². The molecule has 2 aromatic rings. The Bertz CT molecular complexity index is 619. The first-order valence-electron chi connectivity index (χ1n) is 5.78. The highest BCUT2D eigenvalue weighted by Gasteiger charge is 2.06. The van der Waals surface area contributed by atoms with E-state index in [4.69, 9.17) is 17.3 Å². The second-order valence-corrected chi connectivity index (χ2v) is 6.37. The highest BCUT2D eigenvalue weighted by molar-refractivity contribution is 9.10. The molecule has 3 nitrogen and oxygen atoms in total. The van der Waals surface area contributed by atoms with Crippen LogP contribution in [-0.2, 0) is 4.79 Å². The molecule has 0 saturated carbocycles. The maximum atomic E-state index is 11.9. The number of halogens is 2. The highest BCUT2D eigenvalue weighted by atomic mass is 79.9. The number of thioether (sulfide) groups is 1. The Kier molecular flexibility index (Phi) is 5.34. The van der Waals surface area contributed by atoms with Gasteiger partial charge in [0, 0.05) is 20.1 Å². The normalized spacial score (nSPS) is 10.3. The molecule has 0 aliphatic rings. The van der Waals surface area contributed by atoms with E-state index in [1.54, 1.807) is 30.3 Å². The summed E-state index contributed by atoms with van der Waals surface area (Å²) in [5.41, 5.74) is 7.00. The zero-order chi connectivity index (χ0) is 14.5. The van der Waals surface area contributed by atoms with Gasteiger partial charge in [-0.2, -0.15) is 0 Å². The van der Waals surface area contributed by atoms with Gasteiger partial charge in [0.05, 0.1) is 11.4 Å². The largest absolute Gasteiger partial charge is 0.399 e. The van der Waals surface area contributed by atoms with Gasteiger partial charge in [-0.1, -0.05) is 11.6 Å². The van der Waals surface area contributed by atoms with Gasteiger partial charge in [0.15, 0.2) is 0 Å². The predicted molar refractivity (Wildman–Crippen MR) is 89.4 cm³/mol. The van der Waals surface area contributed by atoms with E-state index >= 15 is 0 Å². The Balaban J connectivity index is 1.90. The fourth-order valence-electron chi connectivity index (χ4n) is 1.50. The summed E-state index contributed by atoms with van der Waals surface area (Å²) >= 11 is 10.6. The van der Waals surface area contributed by atoms with Crippen LogP contribution in [0.5, 0.6) is 0 Å². The predicted octanol–water partition coefficient (Wildman–Crippen LogP) is 4.42. The summed E-state index contributed by atoms with van der Waals surface area (Å²) in [5.74, 6) is 0.258. The van der Waals surface area contributed by atoms with E-state index in [0.29, 0.717) is 22.2 Å². The molecular formula is C14H12BrClN2OS. The molecule has 0 aliphatic heterocycles. The highest BCUT2D eigenvalue weighted by Crippen LogP contribution is 2.25. The average Bonchev–Trinajstić information content (AvgIpc) is 2.41. The second-order valence-electron chi connectivity index (χ2n) is 4.03. The van der Waals surface area contributed by atoms with Crippen molar-refractivity contribution in [1.29, 1.82) is 0 Å². The molecule has 0 aromatic heterocycles. The average molecular weight is 372 g/mol. The van der Waals surface area contributed by atoms with Crippen molar-refractivity contribution >= 4 is 56.6 Å². The molecule has 20 heavy (non-hydrogen) atoms. The number of rotatable bonds is 4. The summed E-state index contributed by atoms with van der Waals surface area (Å²) in [6, 6.07) is 12.6. The number of carbonyl (C=O) groups excluding carboxylic acids is 1. The van der Waals surface area contributed by atoms with Crippen LogP contribution < -0.4 is 11.1 Å². The molecule has 3 N–H and O–H groups in total. The number of carbonyl (C=O) groups is 1. The molecule has 2 rings (SSSR count). The lowest BCUT2D eigenvalue weighted by atomic mass is 10.3. The second kappa shape index (κ2) is 7.02. The summed E-state index contributed by atoms with van der Waals surface area (Å²) in [7, 11) is 0. The number of anilines is 2. The molecular weight excluding hydrogens is 360 g/mol. The van der Waals surface area contributed by atoms with Gasteiger partial charge in [0.1, 0.15) is 0 Å². The Morgan fingerprint density at radius 3 is 2.60 bits per heavy atom. The lowest BCUT2D eigenvalue weighted by molar-refractivity contribution is -0.113. The molecule has 2 aromatic carbocycles. The number of nitrogen functional groups attached to an aromatic ring is 1. The Morgan fingerprint density at radius 1 is 1.25 bits per heavy atom. The molecule has 0 aliphatic carbocycles. The van der Waals surface area contributed by atoms with Crippen LogP contribution in [0.4, 0.5) is 11.4 Å². The number of nitrogens with two attached hydrogens (primary N) is 1. The fraction of sp³-hybridized carbons (Fsp3) is 0.0714. The number of amides is 1. The van der Waals surface area contributed by atoms with Gasteiger partial charge in [0.25, 0.3) is 0 Å². The van der Waals surface area contributed by atoms with Crippen molar-refractivity contribution in [1.82, 2.24) is 0 Å². The van der Waals surface area contributed by atoms with Crippen molar-refractivity contribution in [2.24, 2.45) is 0 Å². The first-order valence-corrected chi connectivity index (χ1v) is 7.93. The molecule has 0 bridgehead atoms.